The van der Waals surface area contributed by atoms with Crippen molar-refractivity contribution in [2.24, 2.45) is 5.41 Å². The van der Waals surface area contributed by atoms with Gasteiger partial charge in [0.25, 0.3) is 0 Å². The van der Waals surface area contributed by atoms with Crippen molar-refractivity contribution in [3.63, 3.8) is 0 Å². The number of carbonyl (C=O) groups is 1. The van der Waals surface area contributed by atoms with Crippen LogP contribution in [0.25, 0.3) is 0 Å². The van der Waals surface area contributed by atoms with Crippen molar-refractivity contribution < 1.29 is 17.9 Å². The van der Waals surface area contributed by atoms with Gasteiger partial charge in [0.05, 0.1) is 18.5 Å². The van der Waals surface area contributed by atoms with Gasteiger partial charge in [0, 0.05) is 75.6 Å². The largest absolute Gasteiger partial charge is 0.376 e. The van der Waals surface area contributed by atoms with Crippen LogP contribution in [0.5, 0.6) is 0 Å². The van der Waals surface area contributed by atoms with E-state index in [1.54, 1.807) is 0 Å². The normalized spacial score (nSPS) is 23.7. The van der Waals surface area contributed by atoms with E-state index in [2.05, 4.69) is 27.9 Å². The van der Waals surface area contributed by atoms with Crippen LogP contribution in [0.1, 0.15) is 48.4 Å². The molecule has 2 amide bonds. The molecule has 2 aliphatic heterocycles. The molecule has 1 atom stereocenters. The maximum atomic E-state index is 12.6. The first-order chi connectivity index (χ1) is 14.4. The van der Waals surface area contributed by atoms with Gasteiger partial charge in [-0.25, -0.2) is 17.9 Å². The Hall–Kier alpha value is -0.00364. The van der Waals surface area contributed by atoms with Gasteiger partial charge >= 0.3 is 6.03 Å². The number of fused-ring (bicyclic) bond motifs is 2. The number of nitrogens with zero attached hydrogens (tertiary/aromatic N) is 1. The molecule has 31 heavy (non-hydrogen) atoms. The fourth-order valence-corrected chi connectivity index (χ4v) is 7.00. The number of amides is 2. The van der Waals surface area contributed by atoms with Gasteiger partial charge in [-0.05, 0) is 73.7 Å². The minimum atomic E-state index is -3.77. The molecule has 2 N–H and O–H groups in total. The van der Waals surface area contributed by atoms with Crippen LogP contribution in [-0.4, -0.2) is 109 Å². The summed E-state index contributed by atoms with van der Waals surface area (Å²) in [4.78, 5) is 15.0. The van der Waals surface area contributed by atoms with Crippen LogP contribution >= 0.6 is 0 Å². The average molecular weight is 473 g/mol. The Bertz CT molecular complexity index is 943. The van der Waals surface area contributed by atoms with Gasteiger partial charge in [-0.2, -0.15) is 0 Å². The molecule has 165 valence electrons. The van der Waals surface area contributed by atoms with Crippen LogP contribution in [-0.2, 0) is 40.4 Å². The van der Waals surface area contributed by atoms with Crippen LogP contribution in [0.2, 0.25) is 0 Å². The second kappa shape index (κ2) is 9.33. The SMILES string of the molecule is CCN1CC2(COC(CS(=O)(=O)NC(=O)Nc3c4c(cc5c3CCC5)CCC4)C2)C1.[K]. The number of rotatable bonds is 5. The maximum Gasteiger partial charge on any atom is 0.332 e. The van der Waals surface area contributed by atoms with E-state index in [4.69, 9.17) is 4.74 Å². The fourth-order valence-electron chi connectivity index (χ4n) is 5.88. The third-order valence-corrected chi connectivity index (χ3v) is 8.52. The summed E-state index contributed by atoms with van der Waals surface area (Å²) in [5.41, 5.74) is 5.95. The van der Waals surface area contributed by atoms with Crippen LogP contribution in [0.4, 0.5) is 10.5 Å². The summed E-state index contributed by atoms with van der Waals surface area (Å²) in [5, 5.41) is 2.90. The first-order valence-corrected chi connectivity index (χ1v) is 12.8. The van der Waals surface area contributed by atoms with E-state index in [1.165, 1.54) is 22.3 Å². The Balaban J connectivity index is 0.00000231. The minimum Gasteiger partial charge on any atom is -0.376 e. The number of ether oxygens (including phenoxy) is 1. The molecule has 9 heteroatoms. The molecule has 2 fully saturated rings. The molecule has 0 saturated carbocycles. The zero-order valence-electron chi connectivity index (χ0n) is 18.6. The first-order valence-electron chi connectivity index (χ1n) is 11.2. The summed E-state index contributed by atoms with van der Waals surface area (Å²) in [6, 6.07) is 1.63. The van der Waals surface area contributed by atoms with Crippen LogP contribution < -0.4 is 10.0 Å². The third-order valence-electron chi connectivity index (χ3n) is 7.22. The number of carbonyl (C=O) groups excluding carboxylic acids is 1. The number of nitrogens with one attached hydrogen (secondary N) is 2. The molecule has 2 heterocycles. The third kappa shape index (κ3) is 4.94. The van der Waals surface area contributed by atoms with Crippen molar-refractivity contribution >= 4 is 73.1 Å². The molecule has 1 aromatic carbocycles. The van der Waals surface area contributed by atoms with Gasteiger partial charge in [-0.3, -0.25) is 0 Å². The zero-order chi connectivity index (χ0) is 20.9. The molecule has 1 spiro atoms. The van der Waals surface area contributed by atoms with Gasteiger partial charge < -0.3 is 15.0 Å². The van der Waals surface area contributed by atoms with E-state index in [0.717, 1.165) is 70.3 Å². The minimum absolute atomic E-state index is 0. The van der Waals surface area contributed by atoms with E-state index in [0.29, 0.717) is 6.61 Å². The molecule has 1 aromatic rings. The zero-order valence-corrected chi connectivity index (χ0v) is 22.6. The van der Waals surface area contributed by atoms with Crippen molar-refractivity contribution in [3.8, 4) is 0 Å². The summed E-state index contributed by atoms with van der Waals surface area (Å²) in [5.74, 6) is -0.167. The summed E-state index contributed by atoms with van der Waals surface area (Å²) in [6.07, 6.45) is 6.52. The molecule has 5 rings (SSSR count). The molecule has 1 radical (unpaired) electrons. The Kier molecular flexibility index (Phi) is 7.26. The molecule has 0 bridgehead atoms. The second-order valence-electron chi connectivity index (χ2n) is 9.51. The predicted octanol–water partition coefficient (Wildman–Crippen LogP) is 1.85. The van der Waals surface area contributed by atoms with Crippen LogP contribution in [0.15, 0.2) is 6.07 Å². The summed E-state index contributed by atoms with van der Waals surface area (Å²) in [7, 11) is -3.77. The Labute approximate surface area is 227 Å². The van der Waals surface area contributed by atoms with Crippen molar-refractivity contribution in [1.29, 1.82) is 0 Å². The Morgan fingerprint density at radius 3 is 2.42 bits per heavy atom. The molecule has 7 nitrogen and oxygen atoms in total. The number of anilines is 1. The monoisotopic (exact) mass is 472 g/mol. The quantitative estimate of drug-likeness (QED) is 0.639. The number of urea groups is 1. The van der Waals surface area contributed by atoms with Crippen LogP contribution in [0, 0.1) is 5.41 Å². The van der Waals surface area contributed by atoms with Gasteiger partial charge in [-0.15, -0.1) is 0 Å². The summed E-state index contributed by atoms with van der Waals surface area (Å²) < 4.78 is 33.3. The number of benzene rings is 1. The van der Waals surface area contributed by atoms with Crippen molar-refractivity contribution in [2.45, 2.75) is 58.0 Å². The van der Waals surface area contributed by atoms with Gasteiger partial charge in [-0.1, -0.05) is 13.0 Å². The summed E-state index contributed by atoms with van der Waals surface area (Å²) >= 11 is 0. The van der Waals surface area contributed by atoms with E-state index >= 15 is 0 Å². The number of sulfonamides is 1. The van der Waals surface area contributed by atoms with E-state index in [9.17, 15) is 13.2 Å². The topological polar surface area (TPSA) is 87.7 Å². The number of likely N-dealkylation sites (tertiary alicyclic amines) is 1. The van der Waals surface area contributed by atoms with Crippen molar-refractivity contribution in [3.05, 3.63) is 28.3 Å². The Morgan fingerprint density at radius 1 is 1.16 bits per heavy atom. The molecule has 0 aromatic heterocycles. The fraction of sp³-hybridized carbons (Fsp3) is 0.682. The number of aryl methyl sites for hydroxylation is 2. The van der Waals surface area contributed by atoms with E-state index < -0.39 is 16.1 Å². The standard InChI is InChI=1S/C22H31N3O4S.K/c1-2-25-12-22(13-25)10-17(29-14-22)11-30(27,28)24-21(26)23-20-18-7-3-5-15(18)9-16-6-4-8-19(16)20;/h9,17H,2-8,10-14H2,1H3,(H2,23,24,26);. The predicted molar refractivity (Wildman–Crippen MR) is 121 cm³/mol. The van der Waals surface area contributed by atoms with Crippen LogP contribution in [0.3, 0.4) is 0 Å². The molecular weight excluding hydrogens is 441 g/mol. The molecule has 1 unspecified atom stereocenters. The van der Waals surface area contributed by atoms with Crippen molar-refractivity contribution in [1.82, 2.24) is 9.62 Å². The van der Waals surface area contributed by atoms with E-state index in [-0.39, 0.29) is 68.7 Å². The molecule has 2 aliphatic carbocycles. The smallest absolute Gasteiger partial charge is 0.332 e. The average Bonchev–Trinajstić information content (AvgIpc) is 3.38. The first kappa shape index (κ1) is 24.1. The number of hydrogen-bond acceptors (Lipinski definition) is 5. The molecule has 4 aliphatic rings. The van der Waals surface area contributed by atoms with Gasteiger partial charge in [0.2, 0.25) is 10.0 Å². The molecule has 2 saturated heterocycles. The molecular formula is C22H31KN3O4S. The second-order valence-corrected chi connectivity index (χ2v) is 11.3. The van der Waals surface area contributed by atoms with Gasteiger partial charge in [0.15, 0.2) is 0 Å². The Morgan fingerprint density at radius 2 is 1.81 bits per heavy atom. The van der Waals surface area contributed by atoms with Gasteiger partial charge in [0.1, 0.15) is 0 Å². The van der Waals surface area contributed by atoms with Crippen molar-refractivity contribution in [2.75, 3.05) is 37.3 Å². The summed E-state index contributed by atoms with van der Waals surface area (Å²) in [6.45, 7) is 5.69. The number of hydrogen-bond donors (Lipinski definition) is 2. The maximum absolute atomic E-state index is 12.6. The van der Waals surface area contributed by atoms with E-state index in [1.807, 2.05) is 0 Å².